The third-order valence-corrected chi connectivity index (χ3v) is 7.53. The minimum atomic E-state index is 1.14. The monoisotopic (exact) mass is 438 g/mol. The average Bonchev–Trinajstić information content (AvgIpc) is 3.14. The smallest absolute Gasteiger partial charge is 0.0434 e. The van der Waals surface area contributed by atoms with Crippen LogP contribution in [0.1, 0.15) is 0 Å². The first-order valence-corrected chi connectivity index (χ1v) is 10.9. The fourth-order valence-electron chi connectivity index (χ4n) is 4.24. The van der Waals surface area contributed by atoms with E-state index >= 15 is 0 Å². The molecule has 0 amide bonds. The van der Waals surface area contributed by atoms with Crippen LogP contribution in [-0.2, 0) is 0 Å². The van der Waals surface area contributed by atoms with E-state index in [4.69, 9.17) is 0 Å². The van der Waals surface area contributed by atoms with Crippen LogP contribution in [0.2, 0.25) is 0 Å². The van der Waals surface area contributed by atoms with E-state index in [1.165, 1.54) is 52.8 Å². The minimum absolute atomic E-state index is 1.14. The van der Waals surface area contributed by atoms with Gasteiger partial charge in [-0.05, 0) is 33.2 Å². The second kappa shape index (κ2) is 6.16. The summed E-state index contributed by atoms with van der Waals surface area (Å²) in [6, 6.07) is 32.9. The van der Waals surface area contributed by atoms with Crippen molar-refractivity contribution in [2.75, 3.05) is 0 Å². The van der Waals surface area contributed by atoms with Crippen LogP contribution in [0.15, 0.2) is 95.5 Å². The van der Waals surface area contributed by atoms with Crippen molar-refractivity contribution in [1.82, 2.24) is 0 Å². The molecule has 1 heterocycles. The number of hydrogen-bond donors (Lipinski definition) is 0. The predicted molar refractivity (Wildman–Crippen MR) is 127 cm³/mol. The summed E-state index contributed by atoms with van der Waals surface area (Å²) in [5, 5.41) is 7.87. The first-order valence-electron chi connectivity index (χ1n) is 9.32. The van der Waals surface area contributed by atoms with Crippen molar-refractivity contribution in [3.63, 3.8) is 0 Å². The molecular formula is C26H15BrS. The van der Waals surface area contributed by atoms with Crippen LogP contribution >= 0.6 is 27.3 Å². The fourth-order valence-corrected chi connectivity index (χ4v) is 6.08. The molecular weight excluding hydrogens is 424 g/mol. The average molecular weight is 439 g/mol. The zero-order valence-electron chi connectivity index (χ0n) is 14.9. The molecule has 0 saturated carbocycles. The lowest BCUT2D eigenvalue weighted by Crippen LogP contribution is -1.83. The predicted octanol–water partition coefficient (Wildman–Crippen LogP) is 8.79. The van der Waals surface area contributed by atoms with Gasteiger partial charge in [-0.15, -0.1) is 11.3 Å². The zero-order valence-corrected chi connectivity index (χ0v) is 17.3. The lowest BCUT2D eigenvalue weighted by Gasteiger charge is -2.09. The Morgan fingerprint density at radius 2 is 1.18 bits per heavy atom. The van der Waals surface area contributed by atoms with Crippen molar-refractivity contribution in [2.24, 2.45) is 0 Å². The van der Waals surface area contributed by atoms with Crippen molar-refractivity contribution >= 4 is 69.0 Å². The molecule has 6 aromatic rings. The van der Waals surface area contributed by atoms with Crippen molar-refractivity contribution in [3.8, 4) is 11.1 Å². The summed E-state index contributed by atoms with van der Waals surface area (Å²) in [5.74, 6) is 0. The third-order valence-electron chi connectivity index (χ3n) is 5.55. The van der Waals surface area contributed by atoms with E-state index in [2.05, 4.69) is 107 Å². The van der Waals surface area contributed by atoms with Crippen molar-refractivity contribution < 1.29 is 0 Å². The van der Waals surface area contributed by atoms with Crippen LogP contribution in [-0.4, -0.2) is 0 Å². The molecule has 0 bridgehead atoms. The third kappa shape index (κ3) is 2.28. The molecule has 0 aliphatic heterocycles. The largest absolute Gasteiger partial charge is 0.134 e. The molecule has 0 aliphatic carbocycles. The first kappa shape index (κ1) is 16.3. The van der Waals surface area contributed by atoms with Crippen molar-refractivity contribution in [1.29, 1.82) is 0 Å². The van der Waals surface area contributed by atoms with Gasteiger partial charge in [0.1, 0.15) is 0 Å². The standard InChI is InChI=1S/C26H15BrS/c27-24-15-14-19(18-8-3-4-9-20(18)24)21-10-5-11-22-23-13-12-16-6-1-2-7-17(16)25(23)28-26(21)22/h1-15H. The Labute approximate surface area is 175 Å². The van der Waals surface area contributed by atoms with Gasteiger partial charge in [0.15, 0.2) is 0 Å². The lowest BCUT2D eigenvalue weighted by atomic mass is 9.97. The molecule has 2 heteroatoms. The summed E-state index contributed by atoms with van der Waals surface area (Å²) in [6.07, 6.45) is 0. The highest BCUT2D eigenvalue weighted by atomic mass is 79.9. The van der Waals surface area contributed by atoms with E-state index in [0.29, 0.717) is 0 Å². The molecule has 6 rings (SSSR count). The quantitative estimate of drug-likeness (QED) is 0.240. The minimum Gasteiger partial charge on any atom is -0.134 e. The topological polar surface area (TPSA) is 0 Å². The highest BCUT2D eigenvalue weighted by Gasteiger charge is 2.14. The van der Waals surface area contributed by atoms with Gasteiger partial charge in [0.05, 0.1) is 0 Å². The molecule has 28 heavy (non-hydrogen) atoms. The SMILES string of the molecule is Brc1ccc(-c2cccc3c2sc2c4ccccc4ccc32)c2ccccc12. The highest BCUT2D eigenvalue weighted by molar-refractivity contribution is 9.10. The molecule has 0 atom stereocenters. The van der Waals surface area contributed by atoms with E-state index in [-0.39, 0.29) is 0 Å². The molecule has 1 aromatic heterocycles. The van der Waals surface area contributed by atoms with Gasteiger partial charge in [-0.2, -0.15) is 0 Å². The maximum absolute atomic E-state index is 3.71. The van der Waals surface area contributed by atoms with E-state index in [9.17, 15) is 0 Å². The highest BCUT2D eigenvalue weighted by Crippen LogP contribution is 2.44. The van der Waals surface area contributed by atoms with Gasteiger partial charge in [-0.1, -0.05) is 101 Å². The fraction of sp³-hybridized carbons (Fsp3) is 0. The molecule has 0 saturated heterocycles. The summed E-state index contributed by atoms with van der Waals surface area (Å²) in [6.45, 7) is 0. The van der Waals surface area contributed by atoms with E-state index in [1.54, 1.807) is 0 Å². The Balaban J connectivity index is 1.76. The van der Waals surface area contributed by atoms with Crippen LogP contribution in [0.25, 0.3) is 52.8 Å². The first-order chi connectivity index (χ1) is 13.8. The number of hydrogen-bond acceptors (Lipinski definition) is 1. The Kier molecular flexibility index (Phi) is 3.59. The van der Waals surface area contributed by atoms with Gasteiger partial charge in [0.2, 0.25) is 0 Å². The maximum Gasteiger partial charge on any atom is 0.0434 e. The normalized spacial score (nSPS) is 11.8. The summed E-state index contributed by atoms with van der Waals surface area (Å²) in [5.41, 5.74) is 2.60. The molecule has 132 valence electrons. The molecule has 0 N–H and O–H groups in total. The molecule has 0 spiro atoms. The number of fused-ring (bicyclic) bond motifs is 6. The molecule has 0 aliphatic rings. The number of thiophene rings is 1. The van der Waals surface area contributed by atoms with Gasteiger partial charge in [-0.3, -0.25) is 0 Å². The molecule has 0 radical (unpaired) electrons. The van der Waals surface area contributed by atoms with Gasteiger partial charge in [0.25, 0.3) is 0 Å². The van der Waals surface area contributed by atoms with Crippen LogP contribution in [0.3, 0.4) is 0 Å². The van der Waals surface area contributed by atoms with Crippen molar-refractivity contribution in [3.05, 3.63) is 95.5 Å². The van der Waals surface area contributed by atoms with E-state index < -0.39 is 0 Å². The van der Waals surface area contributed by atoms with E-state index in [1.807, 2.05) is 11.3 Å². The summed E-state index contributed by atoms with van der Waals surface area (Å²) in [4.78, 5) is 0. The zero-order chi connectivity index (χ0) is 18.7. The van der Waals surface area contributed by atoms with Crippen LogP contribution in [0.4, 0.5) is 0 Å². The Bertz CT molecular complexity index is 1520. The summed E-state index contributed by atoms with van der Waals surface area (Å²) < 4.78 is 3.88. The second-order valence-electron chi connectivity index (χ2n) is 7.09. The number of benzene rings is 5. The molecule has 5 aromatic carbocycles. The van der Waals surface area contributed by atoms with Gasteiger partial charge < -0.3 is 0 Å². The van der Waals surface area contributed by atoms with Gasteiger partial charge in [-0.25, -0.2) is 0 Å². The molecule has 0 nitrogen and oxygen atoms in total. The lowest BCUT2D eigenvalue weighted by molar-refractivity contribution is 1.68. The molecule has 0 fully saturated rings. The van der Waals surface area contributed by atoms with E-state index in [0.717, 1.165) is 4.47 Å². The van der Waals surface area contributed by atoms with Crippen LogP contribution in [0, 0.1) is 0 Å². The molecule has 0 unspecified atom stereocenters. The van der Waals surface area contributed by atoms with Crippen LogP contribution < -0.4 is 0 Å². The van der Waals surface area contributed by atoms with Crippen LogP contribution in [0.5, 0.6) is 0 Å². The number of halogens is 1. The summed E-state index contributed by atoms with van der Waals surface area (Å²) in [7, 11) is 0. The summed E-state index contributed by atoms with van der Waals surface area (Å²) >= 11 is 5.62. The maximum atomic E-state index is 3.71. The van der Waals surface area contributed by atoms with Gasteiger partial charge >= 0.3 is 0 Å². The van der Waals surface area contributed by atoms with Crippen molar-refractivity contribution in [2.45, 2.75) is 0 Å². The van der Waals surface area contributed by atoms with Gasteiger partial charge in [0, 0.05) is 30.2 Å². The Hall–Kier alpha value is -2.68. The Morgan fingerprint density at radius 3 is 2.07 bits per heavy atom. The second-order valence-corrected chi connectivity index (χ2v) is 8.96. The Morgan fingerprint density at radius 1 is 0.464 bits per heavy atom. The number of rotatable bonds is 1.